The molecule has 0 unspecified atom stereocenters. The highest BCUT2D eigenvalue weighted by atomic mass is 16.5. The van der Waals surface area contributed by atoms with Gasteiger partial charge < -0.3 is 20.3 Å². The van der Waals surface area contributed by atoms with Crippen LogP contribution in [0.1, 0.15) is 24.1 Å². The fourth-order valence-corrected chi connectivity index (χ4v) is 5.01. The van der Waals surface area contributed by atoms with Crippen LogP contribution < -0.4 is 25.2 Å². The van der Waals surface area contributed by atoms with E-state index in [9.17, 15) is 4.79 Å². The van der Waals surface area contributed by atoms with Gasteiger partial charge in [-0.3, -0.25) is 4.90 Å². The summed E-state index contributed by atoms with van der Waals surface area (Å²) >= 11 is 0. The lowest BCUT2D eigenvalue weighted by molar-refractivity contribution is 0.257. The summed E-state index contributed by atoms with van der Waals surface area (Å²) in [4.78, 5) is 22.0. The molecule has 3 aromatic heterocycles. The predicted octanol–water partition coefficient (Wildman–Crippen LogP) is 2.58. The van der Waals surface area contributed by atoms with Gasteiger partial charge in [0.25, 0.3) is 0 Å². The van der Waals surface area contributed by atoms with Gasteiger partial charge in [-0.15, -0.1) is 0 Å². The molecule has 32 heavy (non-hydrogen) atoms. The minimum absolute atomic E-state index is 0.203. The van der Waals surface area contributed by atoms with Crippen LogP contribution in [-0.2, 0) is 6.42 Å². The normalized spacial score (nSPS) is 18.8. The van der Waals surface area contributed by atoms with Crippen LogP contribution in [0.25, 0.3) is 5.52 Å². The number of rotatable bonds is 3. The van der Waals surface area contributed by atoms with E-state index in [0.717, 1.165) is 48.6 Å². The van der Waals surface area contributed by atoms with Crippen molar-refractivity contribution in [1.29, 1.82) is 0 Å². The molecule has 1 saturated heterocycles. The molecule has 2 amide bonds. The van der Waals surface area contributed by atoms with E-state index in [4.69, 9.17) is 4.74 Å². The van der Waals surface area contributed by atoms with E-state index in [1.165, 1.54) is 18.5 Å². The zero-order valence-electron chi connectivity index (χ0n) is 18.4. The molecule has 3 aromatic rings. The van der Waals surface area contributed by atoms with E-state index in [2.05, 4.69) is 31.7 Å². The summed E-state index contributed by atoms with van der Waals surface area (Å²) in [5, 5.41) is 11.1. The Morgan fingerprint density at radius 1 is 1.28 bits per heavy atom. The second kappa shape index (κ2) is 7.09. The van der Waals surface area contributed by atoms with Gasteiger partial charge in [-0.2, -0.15) is 5.10 Å². The van der Waals surface area contributed by atoms with Gasteiger partial charge in [-0.1, -0.05) is 0 Å². The minimum Gasteiger partial charge on any atom is -0.493 e. The Hall–Kier alpha value is -3.33. The topological polar surface area (TPSA) is 87.0 Å². The third kappa shape index (κ3) is 3.15. The standard InChI is InChI=1S/C23H27N7O2/c1-15-11-16-12-18(20(32-2)13-30(16)27-15)26-22(31)29-9-4-17-19(3-7-24-21(17)29)28-10-8-25-23(14-28)5-6-23/h3,7,11-13,25H,4-6,8-10,14H2,1-2H3,(H,26,31). The molecule has 0 bridgehead atoms. The summed E-state index contributed by atoms with van der Waals surface area (Å²) in [5.41, 5.74) is 5.09. The lowest BCUT2D eigenvalue weighted by Gasteiger charge is -2.36. The highest BCUT2D eigenvalue weighted by Crippen LogP contribution is 2.41. The summed E-state index contributed by atoms with van der Waals surface area (Å²) in [6, 6.07) is 5.74. The summed E-state index contributed by atoms with van der Waals surface area (Å²) in [5.74, 6) is 1.31. The molecule has 2 fully saturated rings. The molecular weight excluding hydrogens is 406 g/mol. The second-order valence-corrected chi connectivity index (χ2v) is 9.00. The number of carbonyl (C=O) groups is 1. The number of piperazine rings is 1. The number of hydrogen-bond acceptors (Lipinski definition) is 6. The van der Waals surface area contributed by atoms with E-state index in [1.807, 2.05) is 25.3 Å². The number of nitrogens with one attached hydrogen (secondary N) is 2. The number of nitrogens with zero attached hydrogens (tertiary/aromatic N) is 5. The highest BCUT2D eigenvalue weighted by molar-refractivity contribution is 6.04. The number of urea groups is 1. The fraction of sp³-hybridized carbons (Fsp3) is 0.435. The molecule has 1 spiro atoms. The lowest BCUT2D eigenvalue weighted by atomic mass is 10.1. The number of carbonyl (C=O) groups excluding carboxylic acids is 1. The lowest BCUT2D eigenvalue weighted by Crippen LogP contribution is -2.52. The van der Waals surface area contributed by atoms with Crippen molar-refractivity contribution in [2.24, 2.45) is 0 Å². The van der Waals surface area contributed by atoms with Crippen molar-refractivity contribution < 1.29 is 9.53 Å². The van der Waals surface area contributed by atoms with E-state index < -0.39 is 0 Å². The number of hydrogen-bond donors (Lipinski definition) is 2. The average Bonchev–Trinajstić information content (AvgIpc) is 3.21. The molecule has 5 heterocycles. The zero-order valence-corrected chi connectivity index (χ0v) is 18.4. The molecule has 0 radical (unpaired) electrons. The monoisotopic (exact) mass is 433 g/mol. The van der Waals surface area contributed by atoms with Gasteiger partial charge >= 0.3 is 6.03 Å². The van der Waals surface area contributed by atoms with Crippen molar-refractivity contribution in [2.45, 2.75) is 31.7 Å². The fourth-order valence-electron chi connectivity index (χ4n) is 5.01. The van der Waals surface area contributed by atoms with Crippen LogP contribution in [0.15, 0.2) is 30.6 Å². The van der Waals surface area contributed by atoms with Crippen LogP contribution in [0.4, 0.5) is 22.0 Å². The van der Waals surface area contributed by atoms with Crippen molar-refractivity contribution in [2.75, 3.05) is 48.4 Å². The molecule has 2 aliphatic heterocycles. The molecule has 9 heteroatoms. The smallest absolute Gasteiger partial charge is 0.327 e. The maximum atomic E-state index is 13.3. The number of fused-ring (bicyclic) bond motifs is 2. The van der Waals surface area contributed by atoms with Gasteiger partial charge in [0.05, 0.1) is 30.2 Å². The first kappa shape index (κ1) is 19.4. The van der Waals surface area contributed by atoms with Crippen molar-refractivity contribution in [3.63, 3.8) is 0 Å². The summed E-state index contributed by atoms with van der Waals surface area (Å²) in [7, 11) is 1.59. The predicted molar refractivity (Wildman–Crippen MR) is 123 cm³/mol. The number of aromatic nitrogens is 3. The summed E-state index contributed by atoms with van der Waals surface area (Å²) < 4.78 is 7.25. The van der Waals surface area contributed by atoms with Gasteiger partial charge in [0, 0.05) is 49.2 Å². The first-order chi connectivity index (χ1) is 15.5. The Labute approximate surface area is 186 Å². The maximum Gasteiger partial charge on any atom is 0.327 e. The zero-order chi connectivity index (χ0) is 21.9. The van der Waals surface area contributed by atoms with Crippen LogP contribution in [0.2, 0.25) is 0 Å². The van der Waals surface area contributed by atoms with Crippen molar-refractivity contribution in [3.8, 4) is 5.75 Å². The maximum absolute atomic E-state index is 13.3. The molecule has 0 aromatic carbocycles. The van der Waals surface area contributed by atoms with Gasteiger partial charge in [0.2, 0.25) is 0 Å². The minimum atomic E-state index is -0.203. The Bertz CT molecular complexity index is 1220. The van der Waals surface area contributed by atoms with Crippen LogP contribution in [0.5, 0.6) is 5.75 Å². The van der Waals surface area contributed by atoms with Gasteiger partial charge in [-0.05, 0) is 44.4 Å². The Balaban J connectivity index is 1.27. The van der Waals surface area contributed by atoms with E-state index in [1.54, 1.807) is 22.7 Å². The molecule has 0 atom stereocenters. The molecule has 166 valence electrons. The van der Waals surface area contributed by atoms with E-state index >= 15 is 0 Å². The third-order valence-corrected chi connectivity index (χ3v) is 6.81. The van der Waals surface area contributed by atoms with Crippen LogP contribution in [-0.4, -0.2) is 59.5 Å². The SMILES string of the molecule is COc1cn2nc(C)cc2cc1NC(=O)N1CCc2c(N3CCNC4(CC4)C3)ccnc21. The van der Waals surface area contributed by atoms with Crippen LogP contribution in [0, 0.1) is 6.92 Å². The third-order valence-electron chi connectivity index (χ3n) is 6.81. The molecule has 2 N–H and O–H groups in total. The van der Waals surface area contributed by atoms with Crippen LogP contribution in [0.3, 0.4) is 0 Å². The number of amides is 2. The average molecular weight is 434 g/mol. The van der Waals surface area contributed by atoms with Gasteiger partial charge in [0.1, 0.15) is 5.82 Å². The first-order valence-electron chi connectivity index (χ1n) is 11.2. The Morgan fingerprint density at radius 2 is 2.16 bits per heavy atom. The highest BCUT2D eigenvalue weighted by Gasteiger charge is 2.46. The molecule has 1 saturated carbocycles. The Morgan fingerprint density at radius 3 is 2.97 bits per heavy atom. The van der Waals surface area contributed by atoms with Crippen molar-refractivity contribution >= 4 is 28.7 Å². The number of methoxy groups -OCH3 is 1. The molecule has 3 aliphatic rings. The van der Waals surface area contributed by atoms with Crippen LogP contribution >= 0.6 is 0 Å². The summed E-state index contributed by atoms with van der Waals surface area (Å²) in [6.45, 7) is 5.55. The van der Waals surface area contributed by atoms with Crippen molar-refractivity contribution in [1.82, 2.24) is 19.9 Å². The van der Waals surface area contributed by atoms with Crippen molar-refractivity contribution in [3.05, 3.63) is 41.9 Å². The molecular formula is C23H27N7O2. The Kier molecular flexibility index (Phi) is 4.29. The van der Waals surface area contributed by atoms with E-state index in [0.29, 0.717) is 23.5 Å². The number of ether oxygens (including phenoxy) is 1. The second-order valence-electron chi connectivity index (χ2n) is 9.00. The molecule has 1 aliphatic carbocycles. The number of anilines is 3. The first-order valence-corrected chi connectivity index (χ1v) is 11.2. The number of pyridine rings is 2. The molecule has 6 rings (SSSR count). The molecule has 9 nitrogen and oxygen atoms in total. The van der Waals surface area contributed by atoms with Gasteiger partial charge in [-0.25, -0.2) is 14.3 Å². The quantitative estimate of drug-likeness (QED) is 0.660. The van der Waals surface area contributed by atoms with E-state index in [-0.39, 0.29) is 6.03 Å². The summed E-state index contributed by atoms with van der Waals surface area (Å²) in [6.07, 6.45) is 6.90. The van der Waals surface area contributed by atoms with Gasteiger partial charge in [0.15, 0.2) is 5.75 Å². The number of aryl methyl sites for hydroxylation is 1. The largest absolute Gasteiger partial charge is 0.493 e.